The molecule has 5 heteroatoms. The van der Waals surface area contributed by atoms with E-state index in [1.165, 1.54) is 12.1 Å². The first-order valence-electron chi connectivity index (χ1n) is 13.6. The maximum Gasteiger partial charge on any atom is 0.123 e. The van der Waals surface area contributed by atoms with Gasteiger partial charge in [0.05, 0.1) is 25.9 Å². The zero-order valence-corrected chi connectivity index (χ0v) is 22.6. The Morgan fingerprint density at radius 3 is 1.52 bits per heavy atom. The van der Waals surface area contributed by atoms with Gasteiger partial charge in [-0.1, -0.05) is 109 Å². The Hall–Kier alpha value is -3.61. The van der Waals surface area contributed by atoms with Gasteiger partial charge in [0.2, 0.25) is 0 Å². The lowest BCUT2D eigenvalue weighted by Crippen LogP contribution is -2.45. The van der Waals surface area contributed by atoms with Crippen molar-refractivity contribution in [1.29, 1.82) is 0 Å². The zero-order chi connectivity index (χ0) is 28.0. The highest BCUT2D eigenvalue weighted by atomic mass is 19.1. The number of halogens is 1. The summed E-state index contributed by atoms with van der Waals surface area (Å²) in [5.41, 5.74) is 3.91. The molecule has 0 saturated heterocycles. The SMILES string of the molecule is C=C[C@H](OCc1ccccc1)[C@@H](OCc1ccccc1)[C@H](OCc1ccccc1)[C@@H](CCO)c1ccc(F)cc1. The Labute approximate surface area is 236 Å². The van der Waals surface area contributed by atoms with Crippen LogP contribution in [0.15, 0.2) is 128 Å². The second-order valence-corrected chi connectivity index (χ2v) is 9.69. The molecule has 0 aliphatic rings. The van der Waals surface area contributed by atoms with Crippen LogP contribution in [0.3, 0.4) is 0 Å². The molecule has 0 aliphatic carbocycles. The van der Waals surface area contributed by atoms with Crippen LogP contribution in [-0.2, 0) is 34.0 Å². The summed E-state index contributed by atoms with van der Waals surface area (Å²) in [5, 5.41) is 10.1. The third-order valence-electron chi connectivity index (χ3n) is 6.87. The van der Waals surface area contributed by atoms with Gasteiger partial charge in [0.15, 0.2) is 0 Å². The molecule has 4 atom stereocenters. The summed E-state index contributed by atoms with van der Waals surface area (Å²) in [6.07, 6.45) is 0.509. The van der Waals surface area contributed by atoms with Gasteiger partial charge < -0.3 is 19.3 Å². The predicted octanol–water partition coefficient (Wildman–Crippen LogP) is 7.23. The highest BCUT2D eigenvalue weighted by Crippen LogP contribution is 2.33. The molecule has 208 valence electrons. The number of aliphatic hydroxyl groups excluding tert-OH is 1. The molecule has 1 N–H and O–H groups in total. The standard InChI is InChI=1S/C35H37FO4/c1-2-33(38-24-27-12-6-3-7-13-27)35(40-26-29-16-10-5-11-17-29)34(39-25-28-14-8-4-9-15-28)32(22-23-37)30-18-20-31(36)21-19-30/h2-21,32-35,37H,1,22-26H2/t32-,33-,34+,35+/m0/s1. The monoisotopic (exact) mass is 540 g/mol. The average molecular weight is 541 g/mol. The van der Waals surface area contributed by atoms with Crippen molar-refractivity contribution >= 4 is 0 Å². The Morgan fingerprint density at radius 1 is 0.625 bits per heavy atom. The fraction of sp³-hybridized carbons (Fsp3) is 0.257. The molecule has 0 aliphatic heterocycles. The molecule has 0 heterocycles. The third-order valence-corrected chi connectivity index (χ3v) is 6.87. The predicted molar refractivity (Wildman–Crippen MR) is 156 cm³/mol. The van der Waals surface area contributed by atoms with Crippen molar-refractivity contribution in [3.63, 3.8) is 0 Å². The van der Waals surface area contributed by atoms with Gasteiger partial charge in [-0.05, 0) is 40.8 Å². The van der Waals surface area contributed by atoms with Crippen LogP contribution in [0.5, 0.6) is 0 Å². The number of rotatable bonds is 16. The van der Waals surface area contributed by atoms with Crippen molar-refractivity contribution in [3.8, 4) is 0 Å². The molecule has 0 unspecified atom stereocenters. The molecule has 0 radical (unpaired) electrons. The van der Waals surface area contributed by atoms with E-state index in [0.29, 0.717) is 26.2 Å². The number of hydrogen-bond acceptors (Lipinski definition) is 4. The first-order chi connectivity index (χ1) is 19.7. The van der Waals surface area contributed by atoms with Crippen LogP contribution in [0.1, 0.15) is 34.6 Å². The molecule has 4 rings (SSSR count). The minimum Gasteiger partial charge on any atom is -0.396 e. The Balaban J connectivity index is 1.69. The minimum absolute atomic E-state index is 0.0672. The lowest BCUT2D eigenvalue weighted by atomic mass is 9.85. The van der Waals surface area contributed by atoms with Crippen molar-refractivity contribution in [2.45, 2.75) is 50.5 Å². The second kappa shape index (κ2) is 15.8. The summed E-state index contributed by atoms with van der Waals surface area (Å²) in [6.45, 7) is 5.06. The van der Waals surface area contributed by atoms with Gasteiger partial charge in [-0.15, -0.1) is 6.58 Å². The summed E-state index contributed by atoms with van der Waals surface area (Å²) in [4.78, 5) is 0. The van der Waals surface area contributed by atoms with Crippen LogP contribution in [0.4, 0.5) is 4.39 Å². The van der Waals surface area contributed by atoms with E-state index in [9.17, 15) is 9.50 Å². The van der Waals surface area contributed by atoms with Gasteiger partial charge >= 0.3 is 0 Å². The van der Waals surface area contributed by atoms with Crippen LogP contribution in [0.2, 0.25) is 0 Å². The molecule has 40 heavy (non-hydrogen) atoms. The zero-order valence-electron chi connectivity index (χ0n) is 22.6. The summed E-state index contributed by atoms with van der Waals surface area (Å²) < 4.78 is 33.5. The van der Waals surface area contributed by atoms with Crippen molar-refractivity contribution in [2.24, 2.45) is 0 Å². The first kappa shape index (κ1) is 29.4. The Morgan fingerprint density at radius 2 is 1.07 bits per heavy atom. The van der Waals surface area contributed by atoms with Gasteiger partial charge in [-0.2, -0.15) is 0 Å². The second-order valence-electron chi connectivity index (χ2n) is 9.69. The van der Waals surface area contributed by atoms with Crippen molar-refractivity contribution in [3.05, 3.63) is 156 Å². The van der Waals surface area contributed by atoms with Gasteiger partial charge in [0.1, 0.15) is 18.0 Å². The van der Waals surface area contributed by atoms with E-state index in [-0.39, 0.29) is 18.3 Å². The molecular formula is C35H37FO4. The largest absolute Gasteiger partial charge is 0.396 e. The van der Waals surface area contributed by atoms with Crippen LogP contribution in [0, 0.1) is 5.82 Å². The fourth-order valence-electron chi connectivity index (χ4n) is 4.78. The molecule has 4 aromatic carbocycles. The highest BCUT2D eigenvalue weighted by molar-refractivity contribution is 5.23. The van der Waals surface area contributed by atoms with E-state index >= 15 is 0 Å². The van der Waals surface area contributed by atoms with Gasteiger partial charge in [0, 0.05) is 12.5 Å². The van der Waals surface area contributed by atoms with Gasteiger partial charge in [0.25, 0.3) is 0 Å². The Bertz CT molecular complexity index is 1250. The molecule has 0 amide bonds. The average Bonchev–Trinajstić information content (AvgIpc) is 3.01. The molecule has 0 spiro atoms. The van der Waals surface area contributed by atoms with E-state index in [2.05, 4.69) is 6.58 Å². The molecule has 0 bridgehead atoms. The molecule has 0 saturated carbocycles. The van der Waals surface area contributed by atoms with E-state index in [0.717, 1.165) is 22.3 Å². The van der Waals surface area contributed by atoms with Crippen LogP contribution >= 0.6 is 0 Å². The lowest BCUT2D eigenvalue weighted by molar-refractivity contribution is -0.147. The maximum atomic E-state index is 13.9. The van der Waals surface area contributed by atoms with Gasteiger partial charge in [-0.25, -0.2) is 4.39 Å². The quantitative estimate of drug-likeness (QED) is 0.152. The number of ether oxygens (including phenoxy) is 3. The highest BCUT2D eigenvalue weighted by Gasteiger charge is 2.37. The van der Waals surface area contributed by atoms with Crippen molar-refractivity contribution < 1.29 is 23.7 Å². The van der Waals surface area contributed by atoms with E-state index in [1.807, 2.05) is 91.0 Å². The normalized spacial score (nSPS) is 14.2. The number of hydrogen-bond donors (Lipinski definition) is 1. The molecule has 0 fully saturated rings. The lowest BCUT2D eigenvalue weighted by Gasteiger charge is -2.37. The summed E-state index contributed by atoms with van der Waals surface area (Å²) in [6, 6.07) is 36.2. The summed E-state index contributed by atoms with van der Waals surface area (Å²) in [5.74, 6) is -0.613. The minimum atomic E-state index is -0.577. The molecule has 0 aromatic heterocycles. The summed E-state index contributed by atoms with van der Waals surface area (Å²) in [7, 11) is 0. The summed E-state index contributed by atoms with van der Waals surface area (Å²) >= 11 is 0. The first-order valence-corrected chi connectivity index (χ1v) is 13.6. The van der Waals surface area contributed by atoms with Crippen molar-refractivity contribution in [2.75, 3.05) is 6.61 Å². The number of aliphatic hydroxyl groups is 1. The fourth-order valence-corrected chi connectivity index (χ4v) is 4.78. The topological polar surface area (TPSA) is 47.9 Å². The van der Waals surface area contributed by atoms with E-state index in [1.54, 1.807) is 18.2 Å². The molecular weight excluding hydrogens is 503 g/mol. The maximum absolute atomic E-state index is 13.9. The van der Waals surface area contributed by atoms with Gasteiger partial charge in [-0.3, -0.25) is 0 Å². The van der Waals surface area contributed by atoms with Crippen LogP contribution in [0.25, 0.3) is 0 Å². The smallest absolute Gasteiger partial charge is 0.123 e. The third kappa shape index (κ3) is 8.70. The van der Waals surface area contributed by atoms with Crippen LogP contribution < -0.4 is 0 Å². The van der Waals surface area contributed by atoms with Crippen LogP contribution in [-0.4, -0.2) is 30.0 Å². The van der Waals surface area contributed by atoms with E-state index < -0.39 is 18.3 Å². The molecule has 4 aromatic rings. The Kier molecular flexibility index (Phi) is 11.6. The number of benzene rings is 4. The molecule has 4 nitrogen and oxygen atoms in total. The van der Waals surface area contributed by atoms with Crippen molar-refractivity contribution in [1.82, 2.24) is 0 Å². The van der Waals surface area contributed by atoms with E-state index in [4.69, 9.17) is 14.2 Å².